The molecule has 146 valence electrons. The number of hydrogen-bond acceptors (Lipinski definition) is 3. The Bertz CT molecular complexity index is 1050. The summed E-state index contributed by atoms with van der Waals surface area (Å²) in [5.74, 6) is -1.38. The van der Waals surface area contributed by atoms with Gasteiger partial charge in [0.05, 0.1) is 0 Å². The third kappa shape index (κ3) is 3.63. The van der Waals surface area contributed by atoms with Gasteiger partial charge < -0.3 is 14.6 Å². The van der Waals surface area contributed by atoms with E-state index < -0.39 is 11.6 Å². The Labute approximate surface area is 169 Å². The molecule has 0 bridgehead atoms. The average Bonchev–Trinajstić information content (AvgIpc) is 3.27. The van der Waals surface area contributed by atoms with Crippen LogP contribution in [0.5, 0.6) is 0 Å². The maximum Gasteiger partial charge on any atom is 0.287 e. The molecule has 1 saturated heterocycles. The van der Waals surface area contributed by atoms with Crippen molar-refractivity contribution in [1.29, 1.82) is 0 Å². The van der Waals surface area contributed by atoms with E-state index in [1.807, 2.05) is 30.0 Å². The van der Waals surface area contributed by atoms with Gasteiger partial charge in [0.25, 0.3) is 5.91 Å². The number of nitrogens with zero attached hydrogens (tertiary/aromatic N) is 1. The molecule has 2 aromatic carbocycles. The highest BCUT2D eigenvalue weighted by molar-refractivity contribution is 9.10. The molecule has 1 aliphatic rings. The van der Waals surface area contributed by atoms with Crippen molar-refractivity contribution in [3.8, 4) is 0 Å². The summed E-state index contributed by atoms with van der Waals surface area (Å²) in [6.07, 6.45) is 0.866. The topological polar surface area (TPSA) is 45.5 Å². The third-order valence-electron chi connectivity index (χ3n) is 5.21. The summed E-state index contributed by atoms with van der Waals surface area (Å²) in [7, 11) is 0. The van der Waals surface area contributed by atoms with E-state index in [2.05, 4.69) is 21.2 Å². The number of benzene rings is 2. The fourth-order valence-electron chi connectivity index (χ4n) is 3.64. The zero-order valence-corrected chi connectivity index (χ0v) is 16.9. The Morgan fingerprint density at radius 3 is 2.86 bits per heavy atom. The first-order valence-electron chi connectivity index (χ1n) is 9.09. The number of carbonyl (C=O) groups excluding carboxylic acids is 1. The molecular formula is C21H19BrF2N2O2. The zero-order chi connectivity index (χ0) is 19.8. The highest BCUT2D eigenvalue weighted by Crippen LogP contribution is 2.28. The molecule has 2 heterocycles. The molecule has 1 amide bonds. The van der Waals surface area contributed by atoms with Crippen LogP contribution in [-0.4, -0.2) is 25.5 Å². The SMILES string of the molecule is Cc1c(C(=O)NCC2CCN(c3ccc(F)c(F)c3)C2)oc2ccc(Br)cc12. The van der Waals surface area contributed by atoms with Gasteiger partial charge in [0.1, 0.15) is 5.58 Å². The number of anilines is 1. The first-order chi connectivity index (χ1) is 13.4. The Hall–Kier alpha value is -2.41. The molecule has 0 spiro atoms. The lowest BCUT2D eigenvalue weighted by Crippen LogP contribution is -2.31. The van der Waals surface area contributed by atoms with Gasteiger partial charge in [0.2, 0.25) is 0 Å². The Kier molecular flexibility index (Phi) is 5.10. The monoisotopic (exact) mass is 448 g/mol. The molecule has 1 aromatic heterocycles. The van der Waals surface area contributed by atoms with Gasteiger partial charge in [-0.15, -0.1) is 0 Å². The van der Waals surface area contributed by atoms with E-state index in [4.69, 9.17) is 4.42 Å². The van der Waals surface area contributed by atoms with Crippen molar-refractivity contribution in [1.82, 2.24) is 5.32 Å². The first kappa shape index (κ1) is 18.9. The van der Waals surface area contributed by atoms with Crippen LogP contribution in [0.2, 0.25) is 0 Å². The highest BCUT2D eigenvalue weighted by Gasteiger charge is 2.25. The van der Waals surface area contributed by atoms with Crippen LogP contribution >= 0.6 is 15.9 Å². The minimum atomic E-state index is -0.847. The van der Waals surface area contributed by atoms with Gasteiger partial charge in [-0.1, -0.05) is 15.9 Å². The molecule has 3 aromatic rings. The molecule has 1 fully saturated rings. The van der Waals surface area contributed by atoms with E-state index in [1.165, 1.54) is 6.07 Å². The quantitative estimate of drug-likeness (QED) is 0.607. The number of hydrogen-bond donors (Lipinski definition) is 1. The van der Waals surface area contributed by atoms with Crippen LogP contribution in [0, 0.1) is 24.5 Å². The molecule has 7 heteroatoms. The van der Waals surface area contributed by atoms with Crippen LogP contribution in [0.25, 0.3) is 11.0 Å². The van der Waals surface area contributed by atoms with E-state index in [-0.39, 0.29) is 11.8 Å². The summed E-state index contributed by atoms with van der Waals surface area (Å²) in [5, 5.41) is 3.85. The summed E-state index contributed by atoms with van der Waals surface area (Å²) >= 11 is 3.43. The van der Waals surface area contributed by atoms with Crippen molar-refractivity contribution in [2.45, 2.75) is 13.3 Å². The number of carbonyl (C=O) groups is 1. The Balaban J connectivity index is 1.39. The first-order valence-corrected chi connectivity index (χ1v) is 9.88. The van der Waals surface area contributed by atoms with Crippen molar-refractivity contribution in [3.05, 3.63) is 63.8 Å². The fraction of sp³-hybridized carbons (Fsp3) is 0.286. The lowest BCUT2D eigenvalue weighted by Gasteiger charge is -2.19. The van der Waals surface area contributed by atoms with E-state index in [9.17, 15) is 13.6 Å². The molecule has 4 rings (SSSR count). The Morgan fingerprint density at radius 1 is 1.25 bits per heavy atom. The predicted molar refractivity (Wildman–Crippen MR) is 108 cm³/mol. The number of halogens is 3. The average molecular weight is 449 g/mol. The van der Waals surface area contributed by atoms with Crippen LogP contribution < -0.4 is 10.2 Å². The van der Waals surface area contributed by atoms with Crippen molar-refractivity contribution >= 4 is 38.5 Å². The molecule has 0 aliphatic carbocycles. The second-order valence-corrected chi connectivity index (χ2v) is 8.02. The van der Waals surface area contributed by atoms with E-state index >= 15 is 0 Å². The van der Waals surface area contributed by atoms with E-state index in [0.29, 0.717) is 30.1 Å². The minimum absolute atomic E-state index is 0.232. The molecule has 0 saturated carbocycles. The summed E-state index contributed by atoms with van der Waals surface area (Å²) < 4.78 is 33.2. The standard InChI is InChI=1S/C21H19BrF2N2O2/c1-12-16-8-14(22)2-5-19(16)28-20(12)21(27)25-10-13-6-7-26(11-13)15-3-4-17(23)18(24)9-15/h2-5,8-9,13H,6-7,10-11H2,1H3,(H,25,27). The van der Waals surface area contributed by atoms with Crippen LogP contribution in [0.4, 0.5) is 14.5 Å². The second-order valence-electron chi connectivity index (χ2n) is 7.11. The second kappa shape index (κ2) is 7.54. The molecule has 1 unspecified atom stereocenters. The van der Waals surface area contributed by atoms with Gasteiger partial charge in [0, 0.05) is 46.8 Å². The number of furan rings is 1. The minimum Gasteiger partial charge on any atom is -0.451 e. The van der Waals surface area contributed by atoms with Gasteiger partial charge in [-0.3, -0.25) is 4.79 Å². The van der Waals surface area contributed by atoms with Crippen LogP contribution in [0.1, 0.15) is 22.5 Å². The van der Waals surface area contributed by atoms with Crippen LogP contribution in [0.3, 0.4) is 0 Å². The fourth-order valence-corrected chi connectivity index (χ4v) is 4.00. The number of rotatable bonds is 4. The molecule has 4 nitrogen and oxygen atoms in total. The third-order valence-corrected chi connectivity index (χ3v) is 5.70. The maximum absolute atomic E-state index is 13.4. The number of aryl methyl sites for hydroxylation is 1. The number of fused-ring (bicyclic) bond motifs is 1. The summed E-state index contributed by atoms with van der Waals surface area (Å²) in [6.45, 7) is 3.79. The molecular weight excluding hydrogens is 430 g/mol. The zero-order valence-electron chi connectivity index (χ0n) is 15.3. The lowest BCUT2D eigenvalue weighted by atomic mass is 10.1. The van der Waals surface area contributed by atoms with Crippen molar-refractivity contribution in [2.24, 2.45) is 5.92 Å². The van der Waals surface area contributed by atoms with E-state index in [0.717, 1.165) is 34.5 Å². The van der Waals surface area contributed by atoms with Crippen molar-refractivity contribution < 1.29 is 18.0 Å². The molecule has 0 radical (unpaired) electrons. The van der Waals surface area contributed by atoms with Gasteiger partial charge in [-0.2, -0.15) is 0 Å². The van der Waals surface area contributed by atoms with Gasteiger partial charge in [-0.25, -0.2) is 8.78 Å². The molecule has 1 N–H and O–H groups in total. The molecule has 1 aliphatic heterocycles. The smallest absolute Gasteiger partial charge is 0.287 e. The van der Waals surface area contributed by atoms with Gasteiger partial charge in [0.15, 0.2) is 17.4 Å². The van der Waals surface area contributed by atoms with Gasteiger partial charge in [-0.05, 0) is 49.6 Å². The van der Waals surface area contributed by atoms with Gasteiger partial charge >= 0.3 is 0 Å². The summed E-state index contributed by atoms with van der Waals surface area (Å²) in [4.78, 5) is 14.6. The summed E-state index contributed by atoms with van der Waals surface area (Å²) in [5.41, 5.74) is 2.14. The normalized spacial score (nSPS) is 16.7. The van der Waals surface area contributed by atoms with Crippen LogP contribution in [-0.2, 0) is 0 Å². The summed E-state index contributed by atoms with van der Waals surface area (Å²) in [6, 6.07) is 9.57. The molecule has 28 heavy (non-hydrogen) atoms. The molecule has 1 atom stereocenters. The van der Waals surface area contributed by atoms with Crippen molar-refractivity contribution in [3.63, 3.8) is 0 Å². The maximum atomic E-state index is 13.4. The lowest BCUT2D eigenvalue weighted by molar-refractivity contribution is 0.0922. The van der Waals surface area contributed by atoms with Crippen LogP contribution in [0.15, 0.2) is 45.3 Å². The highest BCUT2D eigenvalue weighted by atomic mass is 79.9. The van der Waals surface area contributed by atoms with Crippen molar-refractivity contribution in [2.75, 3.05) is 24.5 Å². The number of amides is 1. The van der Waals surface area contributed by atoms with E-state index in [1.54, 1.807) is 6.07 Å². The Morgan fingerprint density at radius 2 is 2.07 bits per heavy atom. The largest absolute Gasteiger partial charge is 0.451 e. The number of nitrogens with one attached hydrogen (secondary N) is 1. The predicted octanol–water partition coefficient (Wildman–Crippen LogP) is 5.04.